The second-order valence-electron chi connectivity index (χ2n) is 3.76. The summed E-state index contributed by atoms with van der Waals surface area (Å²) in [5, 5.41) is 10.9. The molecule has 0 spiro atoms. The average Bonchev–Trinajstić information content (AvgIpc) is 2.36. The third kappa shape index (κ3) is 4.64. The van der Waals surface area contributed by atoms with Gasteiger partial charge < -0.3 is 4.74 Å². The Balaban J connectivity index is 2.86. The van der Waals surface area contributed by atoms with Gasteiger partial charge >= 0.3 is 6.09 Å². The zero-order valence-corrected chi connectivity index (χ0v) is 10.8. The zero-order valence-electron chi connectivity index (χ0n) is 10.8. The smallest absolute Gasteiger partial charge is 0.414 e. The Morgan fingerprint density at radius 2 is 2.21 bits per heavy atom. The minimum atomic E-state index is -0.863. The molecule has 0 aliphatic carbocycles. The van der Waals surface area contributed by atoms with Gasteiger partial charge in [0.05, 0.1) is 6.61 Å². The number of nitrogens with one attached hydrogen (secondary N) is 1. The van der Waals surface area contributed by atoms with Crippen molar-refractivity contribution >= 4 is 18.1 Å². The Bertz CT molecular complexity index is 556. The van der Waals surface area contributed by atoms with Crippen molar-refractivity contribution in [3.8, 4) is 6.07 Å². The first kappa shape index (κ1) is 14.5. The molecule has 0 saturated carbocycles. The van der Waals surface area contributed by atoms with Gasteiger partial charge in [0.1, 0.15) is 11.6 Å². The normalized spacial score (nSPS) is 10.5. The molecule has 1 aromatic carbocycles. The highest BCUT2D eigenvalue weighted by molar-refractivity contribution is 6.07. The molecule has 0 atom stereocenters. The van der Waals surface area contributed by atoms with Crippen LogP contribution < -0.4 is 5.32 Å². The van der Waals surface area contributed by atoms with Crippen molar-refractivity contribution in [3.05, 3.63) is 41.0 Å². The van der Waals surface area contributed by atoms with E-state index in [9.17, 15) is 9.59 Å². The SMILES string of the molecule is CCOC(=O)NC(=O)/C(C#N)=C\c1cccc(C)c1. The van der Waals surface area contributed by atoms with Crippen LogP contribution >= 0.6 is 0 Å². The van der Waals surface area contributed by atoms with Crippen LogP contribution in [0.3, 0.4) is 0 Å². The lowest BCUT2D eigenvalue weighted by molar-refractivity contribution is -0.116. The van der Waals surface area contributed by atoms with E-state index in [2.05, 4.69) is 4.74 Å². The second-order valence-corrected chi connectivity index (χ2v) is 3.76. The van der Waals surface area contributed by atoms with Crippen molar-refractivity contribution in [1.29, 1.82) is 5.26 Å². The van der Waals surface area contributed by atoms with E-state index in [1.54, 1.807) is 19.1 Å². The lowest BCUT2D eigenvalue weighted by Gasteiger charge is -2.03. The number of nitrogens with zero attached hydrogens (tertiary/aromatic N) is 1. The summed E-state index contributed by atoms with van der Waals surface area (Å²) in [6, 6.07) is 9.08. The molecule has 0 aromatic heterocycles. The van der Waals surface area contributed by atoms with Gasteiger partial charge in [-0.15, -0.1) is 0 Å². The highest BCUT2D eigenvalue weighted by atomic mass is 16.5. The summed E-state index contributed by atoms with van der Waals surface area (Å²) in [7, 11) is 0. The Hall–Kier alpha value is -2.61. The fourth-order valence-corrected chi connectivity index (χ4v) is 1.40. The fourth-order valence-electron chi connectivity index (χ4n) is 1.40. The minimum absolute atomic E-state index is 0.154. The summed E-state index contributed by atoms with van der Waals surface area (Å²) in [4.78, 5) is 22.7. The van der Waals surface area contributed by atoms with Crippen LogP contribution in [0.4, 0.5) is 4.79 Å². The van der Waals surface area contributed by atoms with Crippen LogP contribution in [0.1, 0.15) is 18.1 Å². The number of rotatable bonds is 3. The maximum absolute atomic E-state index is 11.6. The van der Waals surface area contributed by atoms with Gasteiger partial charge in [0, 0.05) is 0 Å². The van der Waals surface area contributed by atoms with Crippen LogP contribution in [0.25, 0.3) is 6.08 Å². The van der Waals surface area contributed by atoms with Crippen molar-refractivity contribution in [1.82, 2.24) is 5.32 Å². The van der Waals surface area contributed by atoms with Crippen molar-refractivity contribution < 1.29 is 14.3 Å². The fraction of sp³-hybridized carbons (Fsp3) is 0.214. The molecule has 0 aliphatic rings. The number of amides is 2. The molecule has 0 aliphatic heterocycles. The van der Waals surface area contributed by atoms with Crippen LogP contribution in [0, 0.1) is 18.3 Å². The maximum Gasteiger partial charge on any atom is 0.414 e. The molecule has 0 fully saturated rings. The summed E-state index contributed by atoms with van der Waals surface area (Å²) in [6.45, 7) is 3.68. The molecule has 1 aromatic rings. The summed E-state index contributed by atoms with van der Waals surface area (Å²) < 4.78 is 4.57. The molecule has 1 rings (SSSR count). The number of ether oxygens (including phenoxy) is 1. The summed E-state index contributed by atoms with van der Waals surface area (Å²) >= 11 is 0. The van der Waals surface area contributed by atoms with Gasteiger partial charge in [-0.25, -0.2) is 4.79 Å². The molecule has 0 heterocycles. The molecular weight excluding hydrogens is 244 g/mol. The predicted octanol–water partition coefficient (Wildman–Crippen LogP) is 2.17. The van der Waals surface area contributed by atoms with E-state index in [0.717, 1.165) is 11.1 Å². The lowest BCUT2D eigenvalue weighted by Crippen LogP contribution is -2.31. The molecule has 0 saturated heterocycles. The minimum Gasteiger partial charge on any atom is -0.450 e. The van der Waals surface area contributed by atoms with Crippen molar-refractivity contribution in [2.45, 2.75) is 13.8 Å². The number of benzene rings is 1. The van der Waals surface area contributed by atoms with E-state index in [0.29, 0.717) is 0 Å². The largest absolute Gasteiger partial charge is 0.450 e. The molecule has 19 heavy (non-hydrogen) atoms. The van der Waals surface area contributed by atoms with Crippen LogP contribution in [0.2, 0.25) is 0 Å². The van der Waals surface area contributed by atoms with Gasteiger partial charge in [-0.05, 0) is 25.5 Å². The van der Waals surface area contributed by atoms with Crippen LogP contribution in [0.15, 0.2) is 29.8 Å². The van der Waals surface area contributed by atoms with E-state index in [1.807, 2.05) is 30.4 Å². The quantitative estimate of drug-likeness (QED) is 0.665. The van der Waals surface area contributed by atoms with Gasteiger partial charge in [0.15, 0.2) is 0 Å². The number of imide groups is 1. The van der Waals surface area contributed by atoms with Gasteiger partial charge in [-0.2, -0.15) is 5.26 Å². The summed E-state index contributed by atoms with van der Waals surface area (Å²) in [5.41, 5.74) is 1.58. The van der Waals surface area contributed by atoms with Crippen molar-refractivity contribution in [3.63, 3.8) is 0 Å². The standard InChI is InChI=1S/C14H14N2O3/c1-3-19-14(18)16-13(17)12(9-15)8-11-6-4-5-10(2)7-11/h4-8H,3H2,1-2H3,(H,16,17,18)/b12-8-. The Kier molecular flexibility index (Phi) is 5.30. The number of aryl methyl sites for hydroxylation is 1. The van der Waals surface area contributed by atoms with Gasteiger partial charge in [0.25, 0.3) is 5.91 Å². The topological polar surface area (TPSA) is 79.2 Å². The number of hydrogen-bond acceptors (Lipinski definition) is 4. The second kappa shape index (κ2) is 6.97. The number of alkyl carbamates (subject to hydrolysis) is 1. The summed E-state index contributed by atoms with van der Waals surface area (Å²) in [6.07, 6.45) is 0.555. The highest BCUT2D eigenvalue weighted by Gasteiger charge is 2.13. The molecule has 2 amide bonds. The van der Waals surface area contributed by atoms with Crippen LogP contribution in [0.5, 0.6) is 0 Å². The number of carbonyl (C=O) groups excluding carboxylic acids is 2. The molecule has 5 heteroatoms. The lowest BCUT2D eigenvalue weighted by atomic mass is 10.1. The number of hydrogen-bond donors (Lipinski definition) is 1. The van der Waals surface area contributed by atoms with E-state index in [4.69, 9.17) is 5.26 Å². The Labute approximate surface area is 111 Å². The van der Waals surface area contributed by atoms with Gasteiger partial charge in [-0.3, -0.25) is 10.1 Å². The molecule has 5 nitrogen and oxygen atoms in total. The molecule has 0 bridgehead atoms. The Morgan fingerprint density at radius 1 is 1.47 bits per heavy atom. The third-order valence-electron chi connectivity index (χ3n) is 2.21. The zero-order chi connectivity index (χ0) is 14.3. The van der Waals surface area contributed by atoms with Crippen molar-refractivity contribution in [2.24, 2.45) is 0 Å². The molecular formula is C14H14N2O3. The first-order chi connectivity index (χ1) is 9.06. The van der Waals surface area contributed by atoms with Gasteiger partial charge in [-0.1, -0.05) is 29.8 Å². The van der Waals surface area contributed by atoms with Crippen LogP contribution in [-0.4, -0.2) is 18.6 Å². The predicted molar refractivity (Wildman–Crippen MR) is 69.9 cm³/mol. The number of carbonyl (C=O) groups is 2. The number of nitriles is 1. The van der Waals surface area contributed by atoms with E-state index >= 15 is 0 Å². The summed E-state index contributed by atoms with van der Waals surface area (Å²) in [5.74, 6) is -0.776. The first-order valence-corrected chi connectivity index (χ1v) is 5.73. The van der Waals surface area contributed by atoms with Crippen molar-refractivity contribution in [2.75, 3.05) is 6.61 Å². The van der Waals surface area contributed by atoms with E-state index in [1.165, 1.54) is 6.08 Å². The molecule has 1 N–H and O–H groups in total. The highest BCUT2D eigenvalue weighted by Crippen LogP contribution is 2.09. The first-order valence-electron chi connectivity index (χ1n) is 5.73. The Morgan fingerprint density at radius 3 is 2.79 bits per heavy atom. The molecule has 0 radical (unpaired) electrons. The van der Waals surface area contributed by atoms with Gasteiger partial charge in [0.2, 0.25) is 0 Å². The molecule has 0 unspecified atom stereocenters. The molecule has 98 valence electrons. The maximum atomic E-state index is 11.6. The monoisotopic (exact) mass is 258 g/mol. The van der Waals surface area contributed by atoms with E-state index in [-0.39, 0.29) is 12.2 Å². The third-order valence-corrected chi connectivity index (χ3v) is 2.21. The average molecular weight is 258 g/mol. The van der Waals surface area contributed by atoms with E-state index < -0.39 is 12.0 Å². The van der Waals surface area contributed by atoms with Crippen LogP contribution in [-0.2, 0) is 9.53 Å².